The fourth-order valence-corrected chi connectivity index (χ4v) is 2.79. The zero-order valence-corrected chi connectivity index (χ0v) is 14.6. The molecule has 0 spiro atoms. The number of nitrogens with zero attached hydrogens (tertiary/aromatic N) is 3. The number of rotatable bonds is 4. The van der Waals surface area contributed by atoms with Crippen LogP contribution in [0, 0.1) is 34.0 Å². The van der Waals surface area contributed by atoms with Crippen molar-refractivity contribution >= 4 is 5.82 Å². The highest BCUT2D eigenvalue weighted by Crippen LogP contribution is 2.30. The van der Waals surface area contributed by atoms with Crippen LogP contribution < -0.4 is 16.0 Å². The van der Waals surface area contributed by atoms with Crippen molar-refractivity contribution in [1.29, 1.82) is 15.8 Å². The van der Waals surface area contributed by atoms with E-state index < -0.39 is 5.56 Å². The zero-order valence-electron chi connectivity index (χ0n) is 14.6. The monoisotopic (exact) mass is 367 g/mol. The van der Waals surface area contributed by atoms with Crippen LogP contribution in [-0.4, -0.2) is 4.98 Å². The lowest BCUT2D eigenvalue weighted by atomic mass is 9.96. The predicted molar refractivity (Wildman–Crippen MR) is 102 cm³/mol. The summed E-state index contributed by atoms with van der Waals surface area (Å²) in [7, 11) is 0. The predicted octanol–water partition coefficient (Wildman–Crippen LogP) is 2.82. The van der Waals surface area contributed by atoms with E-state index in [-0.39, 0.29) is 29.1 Å². The van der Waals surface area contributed by atoms with Gasteiger partial charge in [-0.2, -0.15) is 15.8 Å². The van der Waals surface area contributed by atoms with Crippen LogP contribution in [0.5, 0.6) is 5.75 Å². The first kappa shape index (κ1) is 18.3. The summed E-state index contributed by atoms with van der Waals surface area (Å²) in [6, 6.07) is 19.6. The molecule has 3 aromatic rings. The average molecular weight is 367 g/mol. The van der Waals surface area contributed by atoms with Gasteiger partial charge in [-0.3, -0.25) is 4.79 Å². The molecule has 0 aliphatic rings. The number of aromatic amines is 1. The smallest absolute Gasteiger partial charge is 0.268 e. The van der Waals surface area contributed by atoms with Crippen molar-refractivity contribution in [2.75, 3.05) is 5.73 Å². The number of aromatic nitrogens is 1. The van der Waals surface area contributed by atoms with E-state index >= 15 is 0 Å². The molecule has 1 aromatic heterocycles. The van der Waals surface area contributed by atoms with Crippen molar-refractivity contribution in [1.82, 2.24) is 4.98 Å². The molecule has 0 saturated heterocycles. The van der Waals surface area contributed by atoms with Gasteiger partial charge in [0.15, 0.2) is 0 Å². The SMILES string of the molecule is N#Cc1ccccc1COc1cccc(-c2c(C#N)c(N)[nH]c(=O)c2C#N)c1. The molecule has 2 aromatic carbocycles. The molecule has 0 atom stereocenters. The van der Waals surface area contributed by atoms with Gasteiger partial charge in [0.05, 0.1) is 11.6 Å². The molecule has 0 saturated carbocycles. The van der Waals surface area contributed by atoms with Gasteiger partial charge in [-0.1, -0.05) is 30.3 Å². The van der Waals surface area contributed by atoms with Gasteiger partial charge < -0.3 is 15.5 Å². The number of pyridine rings is 1. The lowest BCUT2D eigenvalue weighted by Crippen LogP contribution is -2.16. The molecule has 0 aliphatic heterocycles. The van der Waals surface area contributed by atoms with Crippen LogP contribution in [0.25, 0.3) is 11.1 Å². The molecule has 3 rings (SSSR count). The molecule has 134 valence electrons. The quantitative estimate of drug-likeness (QED) is 0.726. The second kappa shape index (κ2) is 7.78. The van der Waals surface area contributed by atoms with Crippen molar-refractivity contribution < 1.29 is 4.74 Å². The van der Waals surface area contributed by atoms with Gasteiger partial charge >= 0.3 is 0 Å². The van der Waals surface area contributed by atoms with Gasteiger partial charge in [0.1, 0.15) is 41.4 Å². The number of nitrogen functional groups attached to an aromatic ring is 1. The van der Waals surface area contributed by atoms with E-state index in [9.17, 15) is 15.3 Å². The van der Waals surface area contributed by atoms with E-state index in [1.807, 2.05) is 18.2 Å². The molecule has 1 heterocycles. The maximum absolute atomic E-state index is 12.1. The van der Waals surface area contributed by atoms with Gasteiger partial charge in [0.2, 0.25) is 0 Å². The highest BCUT2D eigenvalue weighted by molar-refractivity contribution is 5.80. The number of benzene rings is 2. The van der Waals surface area contributed by atoms with Crippen molar-refractivity contribution in [2.24, 2.45) is 0 Å². The topological polar surface area (TPSA) is 139 Å². The van der Waals surface area contributed by atoms with E-state index in [0.717, 1.165) is 5.56 Å². The van der Waals surface area contributed by atoms with Gasteiger partial charge in [0.25, 0.3) is 5.56 Å². The van der Waals surface area contributed by atoms with Crippen molar-refractivity contribution in [2.45, 2.75) is 6.61 Å². The number of anilines is 1. The molecule has 0 bridgehead atoms. The summed E-state index contributed by atoms with van der Waals surface area (Å²) in [6.07, 6.45) is 0. The second-order valence-corrected chi connectivity index (χ2v) is 5.80. The number of nitrogens with one attached hydrogen (secondary N) is 1. The van der Waals surface area contributed by atoms with E-state index in [2.05, 4.69) is 11.1 Å². The van der Waals surface area contributed by atoms with Crippen LogP contribution in [0.2, 0.25) is 0 Å². The molecule has 3 N–H and O–H groups in total. The fraction of sp³-hybridized carbons (Fsp3) is 0.0476. The summed E-state index contributed by atoms with van der Waals surface area (Å²) >= 11 is 0. The molecule has 7 nitrogen and oxygen atoms in total. The van der Waals surface area contributed by atoms with Crippen LogP contribution in [0.4, 0.5) is 5.82 Å². The third-order valence-corrected chi connectivity index (χ3v) is 4.12. The van der Waals surface area contributed by atoms with Gasteiger partial charge in [0, 0.05) is 11.1 Å². The third-order valence-electron chi connectivity index (χ3n) is 4.12. The lowest BCUT2D eigenvalue weighted by molar-refractivity contribution is 0.306. The number of hydrogen-bond donors (Lipinski definition) is 2. The first-order chi connectivity index (χ1) is 13.6. The van der Waals surface area contributed by atoms with Crippen LogP contribution in [0.3, 0.4) is 0 Å². The summed E-state index contributed by atoms with van der Waals surface area (Å²) in [6.45, 7) is 0.168. The number of H-pyrrole nitrogens is 1. The Morgan fingerprint density at radius 1 is 0.964 bits per heavy atom. The summed E-state index contributed by atoms with van der Waals surface area (Å²) in [4.78, 5) is 14.4. The highest BCUT2D eigenvalue weighted by atomic mass is 16.5. The zero-order chi connectivity index (χ0) is 20.1. The maximum atomic E-state index is 12.1. The minimum absolute atomic E-state index is 0.0168. The minimum Gasteiger partial charge on any atom is -0.489 e. The second-order valence-electron chi connectivity index (χ2n) is 5.80. The van der Waals surface area contributed by atoms with E-state index in [0.29, 0.717) is 16.9 Å². The molecule has 0 unspecified atom stereocenters. The van der Waals surface area contributed by atoms with Crippen LogP contribution >= 0.6 is 0 Å². The Balaban J connectivity index is 2.02. The Hall–Kier alpha value is -4.54. The van der Waals surface area contributed by atoms with E-state index in [1.54, 1.807) is 42.5 Å². The highest BCUT2D eigenvalue weighted by Gasteiger charge is 2.18. The van der Waals surface area contributed by atoms with E-state index in [4.69, 9.17) is 15.7 Å². The van der Waals surface area contributed by atoms with Crippen molar-refractivity contribution in [3.63, 3.8) is 0 Å². The number of nitriles is 3. The Labute approximate surface area is 160 Å². The lowest BCUT2D eigenvalue weighted by Gasteiger charge is -2.11. The van der Waals surface area contributed by atoms with Gasteiger partial charge in [-0.25, -0.2) is 0 Å². The first-order valence-electron chi connectivity index (χ1n) is 8.16. The van der Waals surface area contributed by atoms with Gasteiger partial charge in [-0.15, -0.1) is 0 Å². The average Bonchev–Trinajstić information content (AvgIpc) is 2.72. The number of hydrogen-bond acceptors (Lipinski definition) is 6. The largest absolute Gasteiger partial charge is 0.489 e. The molecule has 0 amide bonds. The molecule has 7 heteroatoms. The van der Waals surface area contributed by atoms with Crippen LogP contribution in [0.1, 0.15) is 22.3 Å². The Morgan fingerprint density at radius 3 is 2.43 bits per heavy atom. The molecule has 0 fully saturated rings. The standard InChI is InChI=1S/C21H13N5O2/c22-9-14-4-1-2-5-15(14)12-28-16-7-3-6-13(8-16)19-17(10-23)20(25)26-21(27)18(19)11-24/h1-8H,12H2,(H3,25,26,27). The summed E-state index contributed by atoms with van der Waals surface area (Å²) in [5.74, 6) is 0.354. The maximum Gasteiger partial charge on any atom is 0.268 e. The molecule has 0 aliphatic carbocycles. The number of ether oxygens (including phenoxy) is 1. The molecular formula is C21H13N5O2. The summed E-state index contributed by atoms with van der Waals surface area (Å²) < 4.78 is 5.77. The van der Waals surface area contributed by atoms with Crippen molar-refractivity contribution in [3.05, 3.63) is 81.1 Å². The van der Waals surface area contributed by atoms with E-state index in [1.165, 1.54) is 0 Å². The van der Waals surface area contributed by atoms with Crippen LogP contribution in [0.15, 0.2) is 53.3 Å². The Kier molecular flexibility index (Phi) is 5.07. The minimum atomic E-state index is -0.664. The normalized spacial score (nSPS) is 9.75. The van der Waals surface area contributed by atoms with Gasteiger partial charge in [-0.05, 0) is 23.8 Å². The number of nitrogens with two attached hydrogens (primary N) is 1. The molecular weight excluding hydrogens is 354 g/mol. The Bertz CT molecular complexity index is 1240. The molecule has 0 radical (unpaired) electrons. The Morgan fingerprint density at radius 2 is 1.71 bits per heavy atom. The summed E-state index contributed by atoms with van der Waals surface area (Å²) in [5, 5.41) is 28.0. The third kappa shape index (κ3) is 3.39. The fourth-order valence-electron chi connectivity index (χ4n) is 2.79. The first-order valence-corrected chi connectivity index (χ1v) is 8.16. The van der Waals surface area contributed by atoms with Crippen LogP contribution in [-0.2, 0) is 6.61 Å². The molecule has 28 heavy (non-hydrogen) atoms. The van der Waals surface area contributed by atoms with Crippen molar-refractivity contribution in [3.8, 4) is 35.1 Å². The summed E-state index contributed by atoms with van der Waals surface area (Å²) in [5.41, 5.74) is 6.76.